The van der Waals surface area contributed by atoms with Crippen molar-refractivity contribution in [2.24, 2.45) is 10.9 Å². The number of hydrogen-bond acceptors (Lipinski definition) is 3. The number of thiophene rings is 1. The number of carbonyl (C=O) groups is 1. The Hall–Kier alpha value is -1.56. The van der Waals surface area contributed by atoms with E-state index in [1.165, 1.54) is 4.88 Å². The van der Waals surface area contributed by atoms with E-state index >= 15 is 0 Å². The molecule has 5 nitrogen and oxygen atoms in total. The molecule has 2 rings (SSSR count). The Morgan fingerprint density at radius 1 is 1.48 bits per heavy atom. The maximum Gasteiger partial charge on any atom is 0.225 e. The molecule has 1 unspecified atom stereocenters. The normalized spacial score (nSPS) is 18.7. The fourth-order valence-electron chi connectivity index (χ4n) is 2.98. The summed E-state index contributed by atoms with van der Waals surface area (Å²) in [6.07, 6.45) is 0.969. The van der Waals surface area contributed by atoms with Gasteiger partial charge >= 0.3 is 0 Å². The van der Waals surface area contributed by atoms with E-state index < -0.39 is 0 Å². The second-order valence-corrected chi connectivity index (χ2v) is 8.57. The van der Waals surface area contributed by atoms with E-state index in [1.807, 2.05) is 18.7 Å². The van der Waals surface area contributed by atoms with Crippen molar-refractivity contribution >= 4 is 23.2 Å². The Morgan fingerprint density at radius 3 is 2.84 bits per heavy atom. The molecule has 0 spiro atoms. The highest BCUT2D eigenvalue weighted by Gasteiger charge is 2.28. The average Bonchev–Trinajstić information content (AvgIpc) is 3.24. The highest BCUT2D eigenvalue weighted by atomic mass is 32.1. The van der Waals surface area contributed by atoms with Gasteiger partial charge in [-0.3, -0.25) is 9.79 Å². The zero-order valence-electron chi connectivity index (χ0n) is 16.1. The molecule has 140 valence electrons. The number of rotatable bonds is 6. The van der Waals surface area contributed by atoms with Gasteiger partial charge in [-0.25, -0.2) is 0 Å². The predicted molar refractivity (Wildman–Crippen MR) is 106 cm³/mol. The summed E-state index contributed by atoms with van der Waals surface area (Å²) in [6, 6.07) is 4.53. The lowest BCUT2D eigenvalue weighted by atomic mass is 9.92. The molecular weight excluding hydrogens is 332 g/mol. The fraction of sp³-hybridized carbons (Fsp3) is 0.684. The molecule has 0 aliphatic carbocycles. The second kappa shape index (κ2) is 8.70. The van der Waals surface area contributed by atoms with Crippen LogP contribution in [0.4, 0.5) is 0 Å². The van der Waals surface area contributed by atoms with E-state index in [-0.39, 0.29) is 23.3 Å². The van der Waals surface area contributed by atoms with Crippen LogP contribution < -0.4 is 10.6 Å². The van der Waals surface area contributed by atoms with E-state index in [9.17, 15) is 4.79 Å². The van der Waals surface area contributed by atoms with Gasteiger partial charge in [-0.2, -0.15) is 0 Å². The summed E-state index contributed by atoms with van der Waals surface area (Å²) in [5.41, 5.74) is 0.0197. The Labute approximate surface area is 155 Å². The number of guanidine groups is 1. The lowest BCUT2D eigenvalue weighted by Crippen LogP contribution is -2.45. The van der Waals surface area contributed by atoms with E-state index in [1.54, 1.807) is 11.3 Å². The minimum Gasteiger partial charge on any atom is -0.357 e. The smallest absolute Gasteiger partial charge is 0.225 e. The summed E-state index contributed by atoms with van der Waals surface area (Å²) in [5, 5.41) is 8.95. The number of amides is 1. The molecule has 0 saturated carbocycles. The van der Waals surface area contributed by atoms with Gasteiger partial charge in [0.1, 0.15) is 0 Å². The van der Waals surface area contributed by atoms with Gasteiger partial charge in [0.2, 0.25) is 5.91 Å². The van der Waals surface area contributed by atoms with Crippen LogP contribution in [0, 0.1) is 5.92 Å². The predicted octanol–water partition coefficient (Wildman–Crippen LogP) is 2.84. The summed E-state index contributed by atoms with van der Waals surface area (Å²) < 4.78 is 0. The van der Waals surface area contributed by atoms with Crippen molar-refractivity contribution in [3.8, 4) is 0 Å². The third-order valence-corrected chi connectivity index (χ3v) is 5.74. The summed E-state index contributed by atoms with van der Waals surface area (Å²) in [5.74, 6) is 1.15. The first kappa shape index (κ1) is 19.8. The SMILES string of the molecule is CCNC(=NCC(C)(C)c1cccs1)NC1CCN(C(=O)C(C)C)C1. The first-order chi connectivity index (χ1) is 11.8. The first-order valence-corrected chi connectivity index (χ1v) is 10.1. The molecule has 1 amide bonds. The average molecular weight is 365 g/mol. The highest BCUT2D eigenvalue weighted by Crippen LogP contribution is 2.27. The lowest BCUT2D eigenvalue weighted by Gasteiger charge is -2.23. The first-order valence-electron chi connectivity index (χ1n) is 9.21. The number of hydrogen-bond donors (Lipinski definition) is 2. The number of nitrogens with zero attached hydrogens (tertiary/aromatic N) is 2. The molecule has 0 radical (unpaired) electrons. The van der Waals surface area contributed by atoms with E-state index in [0.29, 0.717) is 0 Å². The van der Waals surface area contributed by atoms with Gasteiger partial charge in [0.05, 0.1) is 6.54 Å². The van der Waals surface area contributed by atoms with Crippen molar-refractivity contribution in [3.63, 3.8) is 0 Å². The van der Waals surface area contributed by atoms with Crippen LogP contribution in [-0.4, -0.2) is 49.0 Å². The van der Waals surface area contributed by atoms with E-state index in [0.717, 1.165) is 38.6 Å². The molecule has 1 aliphatic rings. The van der Waals surface area contributed by atoms with Crippen LogP contribution in [0.1, 0.15) is 45.9 Å². The van der Waals surface area contributed by atoms with Gasteiger partial charge in [-0.05, 0) is 24.8 Å². The number of likely N-dealkylation sites (tertiary alicyclic amines) is 1. The summed E-state index contributed by atoms with van der Waals surface area (Å²) >= 11 is 1.78. The molecule has 1 aromatic rings. The van der Waals surface area contributed by atoms with Crippen LogP contribution >= 0.6 is 11.3 Å². The van der Waals surface area contributed by atoms with E-state index in [4.69, 9.17) is 4.99 Å². The molecule has 25 heavy (non-hydrogen) atoms. The standard InChI is InChI=1S/C19H32N4OS/c1-6-20-18(21-13-19(4,5)16-8-7-11-25-16)22-15-9-10-23(12-15)17(24)14(2)3/h7-8,11,14-15H,6,9-10,12-13H2,1-5H3,(H2,20,21,22). The molecule has 1 fully saturated rings. The molecule has 1 aliphatic heterocycles. The Bertz CT molecular complexity index is 580. The number of aliphatic imine (C=N–C) groups is 1. The Kier molecular flexibility index (Phi) is 6.87. The Balaban J connectivity index is 1.96. The van der Waals surface area contributed by atoms with Crippen molar-refractivity contribution in [2.75, 3.05) is 26.2 Å². The minimum atomic E-state index is 0.0197. The van der Waals surface area contributed by atoms with Crippen molar-refractivity contribution in [1.29, 1.82) is 0 Å². The fourth-order valence-corrected chi connectivity index (χ4v) is 3.82. The largest absolute Gasteiger partial charge is 0.357 e. The summed E-state index contributed by atoms with van der Waals surface area (Å²) in [4.78, 5) is 20.3. The van der Waals surface area contributed by atoms with Crippen LogP contribution in [0.15, 0.2) is 22.5 Å². The molecule has 1 saturated heterocycles. The third-order valence-electron chi connectivity index (χ3n) is 4.50. The molecule has 1 atom stereocenters. The Morgan fingerprint density at radius 2 is 2.24 bits per heavy atom. The molecule has 1 aromatic heterocycles. The van der Waals surface area contributed by atoms with Crippen LogP contribution in [-0.2, 0) is 10.2 Å². The number of carbonyl (C=O) groups excluding carboxylic acids is 1. The molecule has 0 bridgehead atoms. The van der Waals surface area contributed by atoms with Crippen molar-refractivity contribution in [2.45, 2.75) is 52.5 Å². The third kappa shape index (κ3) is 5.46. The topological polar surface area (TPSA) is 56.7 Å². The summed E-state index contributed by atoms with van der Waals surface area (Å²) in [6.45, 7) is 13.6. The van der Waals surface area contributed by atoms with Gasteiger partial charge in [0.15, 0.2) is 5.96 Å². The molecule has 6 heteroatoms. The lowest BCUT2D eigenvalue weighted by molar-refractivity contribution is -0.133. The molecule has 0 aromatic carbocycles. The van der Waals surface area contributed by atoms with Crippen LogP contribution in [0.5, 0.6) is 0 Å². The molecule has 2 heterocycles. The van der Waals surface area contributed by atoms with Gasteiger partial charge in [0, 0.05) is 41.9 Å². The monoisotopic (exact) mass is 364 g/mol. The van der Waals surface area contributed by atoms with Crippen LogP contribution in [0.25, 0.3) is 0 Å². The van der Waals surface area contributed by atoms with Crippen LogP contribution in [0.3, 0.4) is 0 Å². The van der Waals surface area contributed by atoms with Gasteiger partial charge in [0.25, 0.3) is 0 Å². The zero-order valence-corrected chi connectivity index (χ0v) is 16.9. The quantitative estimate of drug-likeness (QED) is 0.603. The maximum atomic E-state index is 12.1. The van der Waals surface area contributed by atoms with Gasteiger partial charge in [-0.15, -0.1) is 11.3 Å². The van der Waals surface area contributed by atoms with Gasteiger partial charge in [-0.1, -0.05) is 33.8 Å². The van der Waals surface area contributed by atoms with Crippen molar-refractivity contribution in [3.05, 3.63) is 22.4 Å². The maximum absolute atomic E-state index is 12.1. The molecular formula is C19H32N4OS. The van der Waals surface area contributed by atoms with Gasteiger partial charge < -0.3 is 15.5 Å². The van der Waals surface area contributed by atoms with Crippen molar-refractivity contribution in [1.82, 2.24) is 15.5 Å². The van der Waals surface area contributed by atoms with E-state index in [2.05, 4.69) is 48.9 Å². The zero-order chi connectivity index (χ0) is 18.4. The molecule has 2 N–H and O–H groups in total. The highest BCUT2D eigenvalue weighted by molar-refractivity contribution is 7.10. The van der Waals surface area contributed by atoms with Crippen molar-refractivity contribution < 1.29 is 4.79 Å². The van der Waals surface area contributed by atoms with Crippen LogP contribution in [0.2, 0.25) is 0 Å². The number of nitrogens with one attached hydrogen (secondary N) is 2. The second-order valence-electron chi connectivity index (χ2n) is 7.63. The minimum absolute atomic E-state index is 0.0197. The summed E-state index contributed by atoms with van der Waals surface area (Å²) in [7, 11) is 0.